The summed E-state index contributed by atoms with van der Waals surface area (Å²) in [5, 5.41) is 0. The van der Waals surface area contributed by atoms with Crippen molar-refractivity contribution in [2.24, 2.45) is 11.3 Å². The first-order chi connectivity index (χ1) is 9.95. The van der Waals surface area contributed by atoms with E-state index in [1.54, 1.807) is 6.20 Å². The van der Waals surface area contributed by atoms with Crippen LogP contribution in [0.2, 0.25) is 0 Å². The maximum atomic E-state index is 12.1. The summed E-state index contributed by atoms with van der Waals surface area (Å²) >= 11 is 0. The van der Waals surface area contributed by atoms with Crippen molar-refractivity contribution in [1.82, 2.24) is 4.98 Å². The molecule has 0 spiro atoms. The zero-order valence-corrected chi connectivity index (χ0v) is 13.1. The number of nitrogens with two attached hydrogens (primary N) is 1. The minimum atomic E-state index is -0.420. The van der Waals surface area contributed by atoms with Crippen molar-refractivity contribution in [1.29, 1.82) is 0 Å². The van der Waals surface area contributed by atoms with E-state index in [1.165, 1.54) is 0 Å². The molecule has 0 atom stereocenters. The van der Waals surface area contributed by atoms with Crippen molar-refractivity contribution < 1.29 is 9.53 Å². The van der Waals surface area contributed by atoms with Crippen molar-refractivity contribution in [3.05, 3.63) is 18.3 Å². The number of piperidine rings is 1. The standard InChI is InChI=1S/C16H25N3O2/c1-4-21-15(20)16(2,3)12-7-9-19(10-8-12)14-6-5-13(17)11-18-14/h5-6,11-12H,4,7-10,17H2,1-3H3. The molecular weight excluding hydrogens is 266 g/mol. The molecule has 21 heavy (non-hydrogen) atoms. The third kappa shape index (κ3) is 3.46. The van der Waals surface area contributed by atoms with Crippen LogP contribution in [0.15, 0.2) is 18.3 Å². The highest BCUT2D eigenvalue weighted by Crippen LogP contribution is 2.36. The summed E-state index contributed by atoms with van der Waals surface area (Å²) in [5.41, 5.74) is 5.92. The summed E-state index contributed by atoms with van der Waals surface area (Å²) in [6.45, 7) is 8.09. The molecule has 0 amide bonds. The van der Waals surface area contributed by atoms with Gasteiger partial charge in [-0.2, -0.15) is 0 Å². The fourth-order valence-corrected chi connectivity index (χ4v) is 2.90. The fraction of sp³-hybridized carbons (Fsp3) is 0.625. The number of anilines is 2. The Balaban J connectivity index is 1.96. The first kappa shape index (κ1) is 15.6. The van der Waals surface area contributed by atoms with Crippen molar-refractivity contribution in [3.8, 4) is 0 Å². The largest absolute Gasteiger partial charge is 0.466 e. The summed E-state index contributed by atoms with van der Waals surface area (Å²) in [6.07, 6.45) is 3.62. The fourth-order valence-electron chi connectivity index (χ4n) is 2.90. The summed E-state index contributed by atoms with van der Waals surface area (Å²) in [4.78, 5) is 18.7. The molecule has 0 aliphatic carbocycles. The topological polar surface area (TPSA) is 68.5 Å². The lowest BCUT2D eigenvalue weighted by Crippen LogP contribution is -2.43. The second-order valence-electron chi connectivity index (χ2n) is 6.15. The Bertz CT molecular complexity index is 477. The predicted molar refractivity (Wildman–Crippen MR) is 84.0 cm³/mol. The highest BCUT2D eigenvalue weighted by molar-refractivity contribution is 5.76. The quantitative estimate of drug-likeness (QED) is 0.863. The van der Waals surface area contributed by atoms with Crippen LogP contribution < -0.4 is 10.6 Å². The molecule has 2 rings (SSSR count). The normalized spacial score (nSPS) is 16.8. The Labute approximate surface area is 126 Å². The van der Waals surface area contributed by atoms with Crippen LogP contribution in [-0.4, -0.2) is 30.6 Å². The van der Waals surface area contributed by atoms with E-state index in [1.807, 2.05) is 32.9 Å². The highest BCUT2D eigenvalue weighted by Gasteiger charge is 2.39. The average Bonchev–Trinajstić information content (AvgIpc) is 2.48. The van der Waals surface area contributed by atoms with E-state index in [9.17, 15) is 4.79 Å². The molecule has 116 valence electrons. The Hall–Kier alpha value is -1.78. The second-order valence-corrected chi connectivity index (χ2v) is 6.15. The zero-order chi connectivity index (χ0) is 15.5. The number of hydrogen-bond donors (Lipinski definition) is 1. The van der Waals surface area contributed by atoms with Gasteiger partial charge in [0.15, 0.2) is 0 Å². The maximum Gasteiger partial charge on any atom is 0.311 e. The van der Waals surface area contributed by atoms with Crippen LogP contribution in [0.5, 0.6) is 0 Å². The number of carbonyl (C=O) groups is 1. The number of hydrogen-bond acceptors (Lipinski definition) is 5. The lowest BCUT2D eigenvalue weighted by Gasteiger charge is -2.39. The number of nitrogen functional groups attached to an aromatic ring is 1. The van der Waals surface area contributed by atoms with E-state index < -0.39 is 5.41 Å². The number of pyridine rings is 1. The molecule has 5 heteroatoms. The van der Waals surface area contributed by atoms with Gasteiger partial charge in [0.05, 0.1) is 23.9 Å². The van der Waals surface area contributed by atoms with E-state index >= 15 is 0 Å². The molecule has 0 unspecified atom stereocenters. The molecule has 0 aromatic carbocycles. The summed E-state index contributed by atoms with van der Waals surface area (Å²) in [6, 6.07) is 3.82. The van der Waals surface area contributed by atoms with Crippen LogP contribution in [0.1, 0.15) is 33.6 Å². The number of nitrogens with zero attached hydrogens (tertiary/aromatic N) is 2. The van der Waals surface area contributed by atoms with Gasteiger partial charge < -0.3 is 15.4 Å². The van der Waals surface area contributed by atoms with Gasteiger partial charge in [0.1, 0.15) is 5.82 Å². The van der Waals surface area contributed by atoms with Crippen LogP contribution >= 0.6 is 0 Å². The molecule has 5 nitrogen and oxygen atoms in total. The van der Waals surface area contributed by atoms with Crippen molar-refractivity contribution in [3.63, 3.8) is 0 Å². The second kappa shape index (κ2) is 6.33. The first-order valence-electron chi connectivity index (χ1n) is 7.59. The number of esters is 1. The smallest absolute Gasteiger partial charge is 0.311 e. The van der Waals surface area contributed by atoms with Gasteiger partial charge in [0.2, 0.25) is 0 Å². The minimum absolute atomic E-state index is 0.0888. The summed E-state index contributed by atoms with van der Waals surface area (Å²) < 4.78 is 5.21. The molecule has 1 aliphatic rings. The number of rotatable bonds is 4. The lowest BCUT2D eigenvalue weighted by atomic mass is 9.73. The highest BCUT2D eigenvalue weighted by atomic mass is 16.5. The molecule has 0 bridgehead atoms. The number of ether oxygens (including phenoxy) is 1. The molecule has 0 saturated carbocycles. The van der Waals surface area contributed by atoms with Crippen LogP contribution in [-0.2, 0) is 9.53 Å². The summed E-state index contributed by atoms with van der Waals surface area (Å²) in [7, 11) is 0. The van der Waals surface area contributed by atoms with Crippen molar-refractivity contribution in [2.45, 2.75) is 33.6 Å². The molecule has 2 heterocycles. The molecular formula is C16H25N3O2. The Morgan fingerprint density at radius 2 is 2.10 bits per heavy atom. The minimum Gasteiger partial charge on any atom is -0.466 e. The van der Waals surface area contributed by atoms with Crippen LogP contribution in [0.25, 0.3) is 0 Å². The average molecular weight is 291 g/mol. The van der Waals surface area contributed by atoms with Gasteiger partial charge in [0, 0.05) is 13.1 Å². The van der Waals surface area contributed by atoms with E-state index in [0.29, 0.717) is 18.2 Å². The van der Waals surface area contributed by atoms with Gasteiger partial charge in [0.25, 0.3) is 0 Å². The SMILES string of the molecule is CCOC(=O)C(C)(C)C1CCN(c2ccc(N)cn2)CC1. The van der Waals surface area contributed by atoms with E-state index in [2.05, 4.69) is 9.88 Å². The van der Waals surface area contributed by atoms with Crippen molar-refractivity contribution in [2.75, 3.05) is 30.3 Å². The van der Waals surface area contributed by atoms with Gasteiger partial charge >= 0.3 is 5.97 Å². The predicted octanol–water partition coefficient (Wildman–Crippen LogP) is 2.47. The molecule has 1 saturated heterocycles. The Morgan fingerprint density at radius 1 is 1.43 bits per heavy atom. The van der Waals surface area contributed by atoms with Gasteiger partial charge in [-0.3, -0.25) is 4.79 Å². The number of aromatic nitrogens is 1. The molecule has 1 aromatic heterocycles. The summed E-state index contributed by atoms with van der Waals surface area (Å²) in [5.74, 6) is 1.22. The van der Waals surface area contributed by atoms with Crippen LogP contribution in [0.3, 0.4) is 0 Å². The van der Waals surface area contributed by atoms with Gasteiger partial charge in [-0.05, 0) is 51.7 Å². The van der Waals surface area contributed by atoms with Gasteiger partial charge in [-0.15, -0.1) is 0 Å². The van der Waals surface area contributed by atoms with Crippen LogP contribution in [0, 0.1) is 11.3 Å². The van der Waals surface area contributed by atoms with Crippen LogP contribution in [0.4, 0.5) is 11.5 Å². The molecule has 1 aliphatic heterocycles. The van der Waals surface area contributed by atoms with E-state index in [4.69, 9.17) is 10.5 Å². The lowest BCUT2D eigenvalue weighted by molar-refractivity contribution is -0.157. The number of carbonyl (C=O) groups excluding carboxylic acids is 1. The van der Waals surface area contributed by atoms with Gasteiger partial charge in [-0.1, -0.05) is 0 Å². The van der Waals surface area contributed by atoms with E-state index in [0.717, 1.165) is 31.7 Å². The third-order valence-corrected chi connectivity index (χ3v) is 4.41. The third-order valence-electron chi connectivity index (χ3n) is 4.41. The molecule has 1 fully saturated rings. The molecule has 1 aromatic rings. The van der Waals surface area contributed by atoms with Gasteiger partial charge in [-0.25, -0.2) is 4.98 Å². The van der Waals surface area contributed by atoms with Crippen molar-refractivity contribution >= 4 is 17.5 Å². The van der Waals surface area contributed by atoms with E-state index in [-0.39, 0.29) is 5.97 Å². The first-order valence-corrected chi connectivity index (χ1v) is 7.59. The monoisotopic (exact) mass is 291 g/mol. The zero-order valence-electron chi connectivity index (χ0n) is 13.1. The molecule has 0 radical (unpaired) electrons. The molecule has 2 N–H and O–H groups in total. The Kier molecular flexibility index (Phi) is 4.70. The Morgan fingerprint density at radius 3 is 2.62 bits per heavy atom. The maximum absolute atomic E-state index is 12.1.